The molecule has 8 nitrogen and oxygen atoms in total. The van der Waals surface area contributed by atoms with Crippen LogP contribution in [0.5, 0.6) is 0 Å². The van der Waals surface area contributed by atoms with Crippen LogP contribution in [0.25, 0.3) is 0 Å². The number of carbonyl (C=O) groups excluding carboxylic acids is 3. The van der Waals surface area contributed by atoms with Crippen molar-refractivity contribution in [3.05, 3.63) is 76.5 Å². The highest BCUT2D eigenvalue weighted by atomic mass is 19.4. The minimum Gasteiger partial charge on any atom is -0.336 e. The zero-order chi connectivity index (χ0) is 26.7. The number of nitrogens with zero attached hydrogens (tertiary/aromatic N) is 3. The molecule has 0 spiro atoms. The minimum absolute atomic E-state index is 0.0895. The Bertz CT molecular complexity index is 1300. The van der Waals surface area contributed by atoms with E-state index in [0.717, 1.165) is 21.9 Å². The molecule has 0 aromatic heterocycles. The number of allylic oxidation sites excluding steroid dienone is 1. The van der Waals surface area contributed by atoms with Gasteiger partial charge in [-0.1, -0.05) is 18.2 Å². The van der Waals surface area contributed by atoms with Gasteiger partial charge in [0.1, 0.15) is 0 Å². The fourth-order valence-corrected chi connectivity index (χ4v) is 4.58. The number of carbonyl (C=O) groups is 3. The molecule has 0 saturated carbocycles. The number of amides is 4. The normalized spacial score (nSPS) is 18.0. The number of benzene rings is 2. The summed E-state index contributed by atoms with van der Waals surface area (Å²) in [4.78, 5) is 42.5. The Hall–Kier alpha value is -4.17. The van der Waals surface area contributed by atoms with Crippen molar-refractivity contribution < 1.29 is 27.6 Å². The summed E-state index contributed by atoms with van der Waals surface area (Å²) < 4.78 is 40.4. The smallest absolute Gasteiger partial charge is 0.336 e. The van der Waals surface area contributed by atoms with Gasteiger partial charge in [-0.3, -0.25) is 9.69 Å². The molecule has 2 aromatic carbocycles. The van der Waals surface area contributed by atoms with Crippen LogP contribution >= 0.6 is 0 Å². The van der Waals surface area contributed by atoms with Gasteiger partial charge in [-0.2, -0.15) is 18.4 Å². The molecule has 0 fully saturated rings. The summed E-state index contributed by atoms with van der Waals surface area (Å²) >= 11 is 0. The largest absolute Gasteiger partial charge is 0.416 e. The molecule has 1 aliphatic heterocycles. The number of rotatable bonds is 5. The molecule has 2 N–H and O–H groups in total. The van der Waals surface area contributed by atoms with E-state index >= 15 is 0 Å². The number of likely N-dealkylation sites (N-methyl/N-ethyl adjacent to an activating group) is 1. The Balaban J connectivity index is 1.91. The fourth-order valence-electron chi connectivity index (χ4n) is 4.58. The first-order valence-corrected chi connectivity index (χ1v) is 11.7. The van der Waals surface area contributed by atoms with Crippen molar-refractivity contribution in [3.8, 4) is 6.07 Å². The number of anilines is 1. The molecule has 0 bridgehead atoms. The topological polar surface area (TPSA) is 106 Å². The van der Waals surface area contributed by atoms with Crippen molar-refractivity contribution in [2.24, 2.45) is 0 Å². The van der Waals surface area contributed by atoms with Gasteiger partial charge in [-0.15, -0.1) is 0 Å². The minimum atomic E-state index is -4.65. The summed E-state index contributed by atoms with van der Waals surface area (Å²) in [7, 11) is 1.69. The van der Waals surface area contributed by atoms with Crippen molar-refractivity contribution >= 4 is 23.5 Å². The van der Waals surface area contributed by atoms with Gasteiger partial charge in [0, 0.05) is 30.8 Å². The van der Waals surface area contributed by atoms with Crippen LogP contribution in [0.15, 0.2) is 59.8 Å². The van der Waals surface area contributed by atoms with Crippen LogP contribution in [0.3, 0.4) is 0 Å². The van der Waals surface area contributed by atoms with E-state index in [2.05, 4.69) is 10.6 Å². The fraction of sp³-hybridized carbons (Fsp3) is 0.308. The number of hydrogen-bond donors (Lipinski definition) is 2. The third-order valence-corrected chi connectivity index (χ3v) is 6.28. The molecule has 192 valence electrons. The lowest BCUT2D eigenvalue weighted by Gasteiger charge is -2.44. The van der Waals surface area contributed by atoms with Crippen molar-refractivity contribution in [1.29, 1.82) is 5.26 Å². The van der Waals surface area contributed by atoms with E-state index in [4.69, 9.17) is 0 Å². The maximum atomic E-state index is 13.9. The molecular formula is C26H24F3N5O3. The second-order valence-electron chi connectivity index (χ2n) is 8.65. The summed E-state index contributed by atoms with van der Waals surface area (Å²) in [6.45, 7) is 0.572. The predicted molar refractivity (Wildman–Crippen MR) is 128 cm³/mol. The molecule has 4 amide bonds. The third-order valence-electron chi connectivity index (χ3n) is 6.28. The van der Waals surface area contributed by atoms with E-state index < -0.39 is 29.8 Å². The van der Waals surface area contributed by atoms with Gasteiger partial charge in [-0.25, -0.2) is 14.5 Å². The predicted octanol–water partition coefficient (Wildman–Crippen LogP) is 4.50. The number of urea groups is 2. The van der Waals surface area contributed by atoms with Crippen LogP contribution in [0, 0.1) is 11.3 Å². The van der Waals surface area contributed by atoms with Crippen molar-refractivity contribution in [2.75, 3.05) is 25.0 Å². The number of hydrogen-bond acceptors (Lipinski definition) is 5. The van der Waals surface area contributed by atoms with Gasteiger partial charge >= 0.3 is 18.2 Å². The van der Waals surface area contributed by atoms with Crippen molar-refractivity contribution in [1.82, 2.24) is 15.5 Å². The lowest BCUT2D eigenvalue weighted by atomic mass is 9.83. The Morgan fingerprint density at radius 3 is 2.49 bits per heavy atom. The molecule has 1 aliphatic carbocycles. The standard InChI is InChI=1S/C26H24F3N5O3/c1-31-12-13-32-24(36)34-23(17-10-8-16(15-30)9-11-17)22-20(6-3-7-21(22)35)33(25(34)37)19-5-2-4-18(14-19)26(27,28)29/h2,4-5,8-11,14,23,31H,3,6-7,12-13H2,1H3,(H,32,36). The maximum Gasteiger partial charge on any atom is 0.416 e. The molecule has 4 rings (SSSR count). The molecule has 37 heavy (non-hydrogen) atoms. The van der Waals surface area contributed by atoms with Gasteiger partial charge in [-0.05, 0) is 55.8 Å². The third kappa shape index (κ3) is 5.06. The Kier molecular flexibility index (Phi) is 7.31. The Morgan fingerprint density at radius 2 is 1.84 bits per heavy atom. The first kappa shape index (κ1) is 25.9. The number of alkyl halides is 3. The number of nitriles is 1. The summed E-state index contributed by atoms with van der Waals surface area (Å²) in [6, 6.07) is 9.65. The molecule has 0 saturated heterocycles. The van der Waals surface area contributed by atoms with Crippen LogP contribution in [0.1, 0.15) is 42.0 Å². The van der Waals surface area contributed by atoms with E-state index in [1.807, 2.05) is 6.07 Å². The van der Waals surface area contributed by atoms with Gasteiger partial charge in [0.05, 0.1) is 28.9 Å². The molecule has 2 aromatic rings. The highest BCUT2D eigenvalue weighted by Crippen LogP contribution is 2.44. The van der Waals surface area contributed by atoms with Gasteiger partial charge < -0.3 is 10.6 Å². The van der Waals surface area contributed by atoms with Gasteiger partial charge in [0.15, 0.2) is 5.78 Å². The van der Waals surface area contributed by atoms with Crippen LogP contribution in [0.4, 0.5) is 28.4 Å². The monoisotopic (exact) mass is 511 g/mol. The quantitative estimate of drug-likeness (QED) is 0.576. The molecule has 0 radical (unpaired) electrons. The van der Waals surface area contributed by atoms with Crippen LogP contribution in [0.2, 0.25) is 0 Å². The van der Waals surface area contributed by atoms with Crippen LogP contribution in [-0.2, 0) is 11.0 Å². The van der Waals surface area contributed by atoms with E-state index in [1.54, 1.807) is 19.2 Å². The summed E-state index contributed by atoms with van der Waals surface area (Å²) in [5, 5.41) is 14.7. The SMILES string of the molecule is CNCCNC(=O)N1C(=O)N(c2cccc(C(F)(F)F)c2)C2=C(C(=O)CCC2)C1c1ccc(C#N)cc1. The van der Waals surface area contributed by atoms with Crippen molar-refractivity contribution in [3.63, 3.8) is 0 Å². The first-order valence-electron chi connectivity index (χ1n) is 11.7. The molecule has 1 unspecified atom stereocenters. The summed E-state index contributed by atoms with van der Waals surface area (Å²) in [6.07, 6.45) is -3.80. The molecule has 1 heterocycles. The maximum absolute atomic E-state index is 13.9. The lowest BCUT2D eigenvalue weighted by Crippen LogP contribution is -2.57. The van der Waals surface area contributed by atoms with Crippen LogP contribution < -0.4 is 15.5 Å². The Morgan fingerprint density at radius 1 is 1.11 bits per heavy atom. The number of imide groups is 1. The van der Waals surface area contributed by atoms with E-state index in [-0.39, 0.29) is 42.1 Å². The molecule has 2 aliphatic rings. The highest BCUT2D eigenvalue weighted by Gasteiger charge is 2.47. The molecule has 1 atom stereocenters. The Labute approximate surface area is 211 Å². The average Bonchev–Trinajstić information content (AvgIpc) is 2.88. The van der Waals surface area contributed by atoms with E-state index in [1.165, 1.54) is 24.3 Å². The van der Waals surface area contributed by atoms with E-state index in [9.17, 15) is 32.8 Å². The summed E-state index contributed by atoms with van der Waals surface area (Å²) in [5.74, 6) is -0.298. The number of Topliss-reactive ketones (excluding diaryl/α,β-unsaturated/α-hetero) is 1. The van der Waals surface area contributed by atoms with E-state index in [0.29, 0.717) is 24.1 Å². The molecule has 11 heteroatoms. The van der Waals surface area contributed by atoms with Crippen molar-refractivity contribution in [2.45, 2.75) is 31.5 Å². The zero-order valence-corrected chi connectivity index (χ0v) is 19.9. The molecular weight excluding hydrogens is 487 g/mol. The highest BCUT2D eigenvalue weighted by molar-refractivity contribution is 6.11. The first-order chi connectivity index (χ1) is 17.7. The number of nitrogens with one attached hydrogen (secondary N) is 2. The van der Waals surface area contributed by atoms with Gasteiger partial charge in [0.2, 0.25) is 0 Å². The number of ketones is 1. The van der Waals surface area contributed by atoms with Gasteiger partial charge in [0.25, 0.3) is 0 Å². The summed E-state index contributed by atoms with van der Waals surface area (Å²) in [5.41, 5.74) is 0.189. The zero-order valence-electron chi connectivity index (χ0n) is 19.9. The van der Waals surface area contributed by atoms with Crippen LogP contribution in [-0.4, -0.2) is 42.9 Å². The number of halogens is 3. The second-order valence-corrected chi connectivity index (χ2v) is 8.65. The second kappa shape index (κ2) is 10.4. The average molecular weight is 512 g/mol. The lowest BCUT2D eigenvalue weighted by molar-refractivity contribution is -0.137.